The van der Waals surface area contributed by atoms with Gasteiger partial charge in [0.05, 0.1) is 5.56 Å². The molecule has 11 heteroatoms. The molecule has 30 heavy (non-hydrogen) atoms. The third kappa shape index (κ3) is 3.24. The number of halogens is 1. The van der Waals surface area contributed by atoms with Crippen molar-refractivity contribution in [1.82, 2.24) is 18.7 Å². The van der Waals surface area contributed by atoms with E-state index in [0.29, 0.717) is 10.6 Å². The number of amides is 1. The molecule has 1 N–H and O–H groups in total. The molecule has 1 amide bonds. The Labute approximate surface area is 180 Å². The van der Waals surface area contributed by atoms with E-state index in [9.17, 15) is 19.6 Å². The maximum absolute atomic E-state index is 12.8. The molecule has 0 saturated heterocycles. The van der Waals surface area contributed by atoms with Crippen LogP contribution in [-0.4, -0.2) is 24.6 Å². The molecule has 0 aromatic carbocycles. The Kier molecular flexibility index (Phi) is 5.26. The van der Waals surface area contributed by atoms with Gasteiger partial charge in [0.1, 0.15) is 17.6 Å². The van der Waals surface area contributed by atoms with E-state index in [1.807, 2.05) is 0 Å². The third-order valence-electron chi connectivity index (χ3n) is 5.39. The number of aromatic nitrogens is 4. The fourth-order valence-electron chi connectivity index (χ4n) is 3.82. The molecule has 4 rings (SSSR count). The Hall–Kier alpha value is -2.90. The Morgan fingerprint density at radius 3 is 2.70 bits per heavy atom. The highest BCUT2D eigenvalue weighted by Gasteiger charge is 2.23. The summed E-state index contributed by atoms with van der Waals surface area (Å²) in [5, 5.41) is 12.9. The van der Waals surface area contributed by atoms with Crippen LogP contribution < -0.4 is 16.6 Å². The lowest BCUT2D eigenvalue weighted by Gasteiger charge is -2.08. The zero-order valence-corrected chi connectivity index (χ0v) is 18.1. The number of hydrogen-bond acceptors (Lipinski definition) is 6. The first-order valence-electron chi connectivity index (χ1n) is 9.49. The van der Waals surface area contributed by atoms with E-state index < -0.39 is 17.2 Å². The van der Waals surface area contributed by atoms with E-state index in [0.717, 1.165) is 47.1 Å². The number of carbonyl (C=O) groups is 1. The molecule has 0 radical (unpaired) electrons. The fourth-order valence-corrected chi connectivity index (χ4v) is 5.30. The summed E-state index contributed by atoms with van der Waals surface area (Å²) in [6.45, 7) is -0.268. The number of hydrogen-bond donors (Lipinski definition) is 1. The number of nitriles is 1. The van der Waals surface area contributed by atoms with Crippen LogP contribution in [0.2, 0.25) is 5.28 Å². The van der Waals surface area contributed by atoms with Gasteiger partial charge in [-0.3, -0.25) is 23.3 Å². The van der Waals surface area contributed by atoms with Crippen molar-refractivity contribution in [3.8, 4) is 6.07 Å². The van der Waals surface area contributed by atoms with Crippen molar-refractivity contribution in [2.45, 2.75) is 38.6 Å². The summed E-state index contributed by atoms with van der Waals surface area (Å²) in [5.74, 6) is -0.431. The number of nitrogens with zero attached hydrogens (tertiary/aromatic N) is 5. The molecule has 0 unspecified atom stereocenters. The van der Waals surface area contributed by atoms with Crippen LogP contribution in [0.5, 0.6) is 0 Å². The molecule has 0 atom stereocenters. The van der Waals surface area contributed by atoms with Crippen molar-refractivity contribution in [2.24, 2.45) is 14.1 Å². The molecule has 3 aromatic rings. The maximum atomic E-state index is 12.8. The highest BCUT2D eigenvalue weighted by molar-refractivity contribution is 7.16. The molecule has 1 aliphatic rings. The molecule has 0 spiro atoms. The van der Waals surface area contributed by atoms with Gasteiger partial charge >= 0.3 is 5.69 Å². The molecule has 3 heterocycles. The van der Waals surface area contributed by atoms with Crippen LogP contribution in [-0.2, 0) is 38.3 Å². The summed E-state index contributed by atoms with van der Waals surface area (Å²) < 4.78 is 3.43. The zero-order valence-electron chi connectivity index (χ0n) is 16.5. The van der Waals surface area contributed by atoms with Gasteiger partial charge in [0, 0.05) is 19.0 Å². The van der Waals surface area contributed by atoms with Crippen molar-refractivity contribution in [3.05, 3.63) is 42.1 Å². The summed E-state index contributed by atoms with van der Waals surface area (Å²) >= 11 is 7.62. The van der Waals surface area contributed by atoms with Gasteiger partial charge in [0.25, 0.3) is 5.56 Å². The Balaban J connectivity index is 1.69. The van der Waals surface area contributed by atoms with Crippen molar-refractivity contribution < 1.29 is 4.79 Å². The second-order valence-corrected chi connectivity index (χ2v) is 8.72. The van der Waals surface area contributed by atoms with Crippen LogP contribution in [0.4, 0.5) is 5.00 Å². The topological polar surface area (TPSA) is 115 Å². The lowest BCUT2D eigenvalue weighted by molar-refractivity contribution is -0.116. The number of carbonyl (C=O) groups excluding carboxylic acids is 1. The average Bonchev–Trinajstić information content (AvgIpc) is 3.11. The SMILES string of the molecule is Cn1c(=O)c2c(nc(Cl)n2CC(=O)Nc2sc3c(c2C#N)CCCCC3)n(C)c1=O. The largest absolute Gasteiger partial charge is 0.332 e. The summed E-state index contributed by atoms with van der Waals surface area (Å²) in [6.07, 6.45) is 4.99. The van der Waals surface area contributed by atoms with E-state index in [1.165, 1.54) is 34.6 Å². The number of anilines is 1. The fraction of sp³-hybridized carbons (Fsp3) is 0.421. The number of fused-ring (bicyclic) bond motifs is 2. The van der Waals surface area contributed by atoms with E-state index in [4.69, 9.17) is 11.6 Å². The van der Waals surface area contributed by atoms with Crippen molar-refractivity contribution in [3.63, 3.8) is 0 Å². The van der Waals surface area contributed by atoms with Gasteiger partial charge in [-0.25, -0.2) is 4.79 Å². The lowest BCUT2D eigenvalue weighted by Crippen LogP contribution is -2.37. The van der Waals surface area contributed by atoms with Gasteiger partial charge in [-0.2, -0.15) is 10.2 Å². The highest BCUT2D eigenvalue weighted by Crippen LogP contribution is 2.37. The second-order valence-electron chi connectivity index (χ2n) is 7.27. The van der Waals surface area contributed by atoms with Crippen LogP contribution in [0.3, 0.4) is 0 Å². The van der Waals surface area contributed by atoms with Crippen LogP contribution in [0, 0.1) is 11.3 Å². The van der Waals surface area contributed by atoms with Crippen molar-refractivity contribution >= 4 is 45.0 Å². The minimum Gasteiger partial charge on any atom is -0.315 e. The van der Waals surface area contributed by atoms with E-state index >= 15 is 0 Å². The monoisotopic (exact) mass is 446 g/mol. The summed E-state index contributed by atoms with van der Waals surface area (Å²) in [4.78, 5) is 42.7. The van der Waals surface area contributed by atoms with Gasteiger partial charge < -0.3 is 5.32 Å². The molecule has 9 nitrogen and oxygen atoms in total. The zero-order chi connectivity index (χ0) is 21.6. The van der Waals surface area contributed by atoms with Crippen LogP contribution in [0.15, 0.2) is 9.59 Å². The number of thiophene rings is 1. The Morgan fingerprint density at radius 1 is 1.23 bits per heavy atom. The standard InChI is InChI=1S/C19H19ClN6O3S/c1-24-15-14(17(28)25(2)19(24)29)26(18(20)23-15)9-13(27)22-16-11(8-21)10-6-4-3-5-7-12(10)30-16/h3-7,9H2,1-2H3,(H,22,27). The summed E-state index contributed by atoms with van der Waals surface area (Å²) in [6, 6.07) is 2.23. The third-order valence-corrected chi connectivity index (χ3v) is 6.88. The highest BCUT2D eigenvalue weighted by atomic mass is 35.5. The number of nitrogens with one attached hydrogen (secondary N) is 1. The first-order valence-corrected chi connectivity index (χ1v) is 10.7. The molecular formula is C19H19ClN6O3S. The van der Waals surface area contributed by atoms with Gasteiger partial charge in [0.2, 0.25) is 11.2 Å². The Bertz CT molecular complexity index is 1340. The van der Waals surface area contributed by atoms with E-state index in [1.54, 1.807) is 0 Å². The minimum absolute atomic E-state index is 0.0686. The summed E-state index contributed by atoms with van der Waals surface area (Å²) in [7, 11) is 2.84. The Morgan fingerprint density at radius 2 is 1.97 bits per heavy atom. The normalized spacial score (nSPS) is 13.7. The molecule has 0 saturated carbocycles. The quantitative estimate of drug-likeness (QED) is 0.487. The lowest BCUT2D eigenvalue weighted by atomic mass is 10.1. The number of imidazole rings is 1. The number of aryl methyl sites for hydroxylation is 2. The molecule has 0 fully saturated rings. The van der Waals surface area contributed by atoms with Gasteiger partial charge in [-0.05, 0) is 42.8 Å². The van der Waals surface area contributed by atoms with E-state index in [-0.39, 0.29) is 23.0 Å². The smallest absolute Gasteiger partial charge is 0.315 e. The maximum Gasteiger partial charge on any atom is 0.332 e. The molecule has 1 aliphatic carbocycles. The summed E-state index contributed by atoms with van der Waals surface area (Å²) in [5.41, 5.74) is 0.622. The molecule has 0 aliphatic heterocycles. The minimum atomic E-state index is -0.583. The predicted molar refractivity (Wildman–Crippen MR) is 114 cm³/mol. The van der Waals surface area contributed by atoms with Crippen molar-refractivity contribution in [2.75, 3.05) is 5.32 Å². The van der Waals surface area contributed by atoms with Crippen molar-refractivity contribution in [1.29, 1.82) is 5.26 Å². The second kappa shape index (κ2) is 7.74. The van der Waals surface area contributed by atoms with Gasteiger partial charge in [-0.15, -0.1) is 11.3 Å². The first-order chi connectivity index (χ1) is 14.3. The first kappa shape index (κ1) is 20.4. The molecule has 3 aromatic heterocycles. The number of rotatable bonds is 3. The average molecular weight is 447 g/mol. The predicted octanol–water partition coefficient (Wildman–Crippen LogP) is 1.93. The van der Waals surface area contributed by atoms with Gasteiger partial charge in [-0.1, -0.05) is 6.42 Å². The van der Waals surface area contributed by atoms with Crippen LogP contribution >= 0.6 is 22.9 Å². The molecule has 0 bridgehead atoms. The van der Waals surface area contributed by atoms with Gasteiger partial charge in [0.15, 0.2) is 11.2 Å². The molecule has 156 valence electrons. The van der Waals surface area contributed by atoms with E-state index in [2.05, 4.69) is 16.4 Å². The van der Waals surface area contributed by atoms with Crippen LogP contribution in [0.25, 0.3) is 11.2 Å². The van der Waals surface area contributed by atoms with Crippen LogP contribution in [0.1, 0.15) is 35.3 Å². The molecular weight excluding hydrogens is 428 g/mol.